The van der Waals surface area contributed by atoms with E-state index in [4.69, 9.17) is 4.74 Å². The van der Waals surface area contributed by atoms with Gasteiger partial charge >= 0.3 is 0 Å². The summed E-state index contributed by atoms with van der Waals surface area (Å²) in [6.07, 6.45) is 0.840. The molecule has 3 heteroatoms. The van der Waals surface area contributed by atoms with Gasteiger partial charge in [0, 0.05) is 5.56 Å². The summed E-state index contributed by atoms with van der Waals surface area (Å²) in [6.45, 7) is 1.15. The summed E-state index contributed by atoms with van der Waals surface area (Å²) in [5, 5.41) is 0. The molecule has 1 aromatic rings. The molecule has 0 saturated heterocycles. The minimum Gasteiger partial charge on any atom is -0.376 e. The Hall–Kier alpha value is -0.930. The summed E-state index contributed by atoms with van der Waals surface area (Å²) >= 11 is 0. The molecule has 2 rings (SSSR count). The second kappa shape index (κ2) is 5.83. The second-order valence-corrected chi connectivity index (χ2v) is 4.02. The Morgan fingerprint density at radius 3 is 2.53 bits per heavy atom. The molecule has 84 valence electrons. The predicted octanol–water partition coefficient (Wildman–Crippen LogP) is 2.08. The Kier molecular flexibility index (Phi) is 4.72. The minimum absolute atomic E-state index is 0.137. The van der Waals surface area contributed by atoms with Gasteiger partial charge in [-0.15, -0.1) is 0 Å². The maximum Gasteiger partial charge on any atom is 0.128 e. The highest BCUT2D eigenvalue weighted by Gasteiger charge is 2.12. The number of hydrogen-bond donors (Lipinski definition) is 0. The van der Waals surface area contributed by atoms with Crippen LogP contribution < -0.4 is 0 Å². The summed E-state index contributed by atoms with van der Waals surface area (Å²) in [4.78, 5) is 2.00. The lowest BCUT2D eigenvalue weighted by Gasteiger charge is -2.16. The summed E-state index contributed by atoms with van der Waals surface area (Å²) in [6, 6.07) is 5.19. The lowest BCUT2D eigenvalue weighted by Crippen LogP contribution is -2.11. The van der Waals surface area contributed by atoms with Crippen LogP contribution in [0.2, 0.25) is 0 Å². The van der Waals surface area contributed by atoms with E-state index in [9.17, 15) is 4.39 Å². The number of hydrogen-bond acceptors (Lipinski definition) is 2. The van der Waals surface area contributed by atoms with E-state index < -0.39 is 0 Å². The highest BCUT2D eigenvalue weighted by molar-refractivity contribution is 5.29. The molecule has 0 aliphatic carbocycles. The molecule has 1 aromatic carbocycles. The summed E-state index contributed by atoms with van der Waals surface area (Å²) < 4.78 is 18.1. The molecular weight excluding hydrogens is 193 g/mol. The van der Waals surface area contributed by atoms with Gasteiger partial charge in [0.05, 0.1) is 13.2 Å². The fourth-order valence-corrected chi connectivity index (χ4v) is 1.36. The van der Waals surface area contributed by atoms with E-state index in [1.165, 1.54) is 6.07 Å². The number of ether oxygens (including phenoxy) is 1. The van der Waals surface area contributed by atoms with Gasteiger partial charge in [0.2, 0.25) is 0 Å². The molecule has 0 bridgehead atoms. The van der Waals surface area contributed by atoms with Crippen LogP contribution in [0, 0.1) is 5.82 Å². The molecular formula is C12H18FNO. The zero-order valence-corrected chi connectivity index (χ0v) is 9.59. The summed E-state index contributed by atoms with van der Waals surface area (Å²) in [7, 11) is 6.00. The van der Waals surface area contributed by atoms with Crippen molar-refractivity contribution in [2.45, 2.75) is 13.0 Å². The lowest BCUT2D eigenvalue weighted by molar-refractivity contribution is 0.108. The molecule has 0 spiro atoms. The van der Waals surface area contributed by atoms with E-state index in [0.29, 0.717) is 6.61 Å². The van der Waals surface area contributed by atoms with Crippen molar-refractivity contribution in [2.24, 2.45) is 0 Å². The van der Waals surface area contributed by atoms with Crippen molar-refractivity contribution < 1.29 is 9.13 Å². The van der Waals surface area contributed by atoms with Gasteiger partial charge in [0.15, 0.2) is 0 Å². The van der Waals surface area contributed by atoms with Gasteiger partial charge in [-0.1, -0.05) is 12.1 Å². The third-order valence-electron chi connectivity index (χ3n) is 1.98. The second-order valence-electron chi connectivity index (χ2n) is 4.02. The van der Waals surface area contributed by atoms with Crippen molar-refractivity contribution >= 4 is 0 Å². The smallest absolute Gasteiger partial charge is 0.128 e. The maximum atomic E-state index is 13.0. The molecule has 0 aromatic heterocycles. The van der Waals surface area contributed by atoms with Crippen LogP contribution in [-0.4, -0.2) is 32.6 Å². The Balaban J connectivity index is 0.000000245. The molecule has 15 heavy (non-hydrogen) atoms. The highest BCUT2D eigenvalue weighted by atomic mass is 19.1. The van der Waals surface area contributed by atoms with E-state index in [1.807, 2.05) is 32.1 Å². The Bertz CT molecular complexity index is 310. The molecule has 2 nitrogen and oxygen atoms in total. The SMILES string of the molecule is CN(C)C.Fc1cccc2c1COCC2. The first-order chi connectivity index (χ1) is 7.11. The van der Waals surface area contributed by atoms with E-state index in [1.54, 1.807) is 6.07 Å². The van der Waals surface area contributed by atoms with Crippen LogP contribution >= 0.6 is 0 Å². The molecule has 1 aliphatic heterocycles. The summed E-state index contributed by atoms with van der Waals surface area (Å²) in [5.74, 6) is -0.137. The zero-order chi connectivity index (χ0) is 11.3. The van der Waals surface area contributed by atoms with Crippen LogP contribution in [0.25, 0.3) is 0 Å². The van der Waals surface area contributed by atoms with E-state index in [-0.39, 0.29) is 5.82 Å². The van der Waals surface area contributed by atoms with Gasteiger partial charge in [-0.2, -0.15) is 0 Å². The predicted molar refractivity (Wildman–Crippen MR) is 59.4 cm³/mol. The minimum atomic E-state index is -0.137. The van der Waals surface area contributed by atoms with Crippen molar-refractivity contribution in [2.75, 3.05) is 27.7 Å². The molecule has 0 fully saturated rings. The average Bonchev–Trinajstić information content (AvgIpc) is 2.18. The average molecular weight is 211 g/mol. The third-order valence-corrected chi connectivity index (χ3v) is 1.98. The normalized spacial score (nSPS) is 14.2. The van der Waals surface area contributed by atoms with Gasteiger partial charge in [0.25, 0.3) is 0 Å². The van der Waals surface area contributed by atoms with Gasteiger partial charge in [0.1, 0.15) is 5.82 Å². The van der Waals surface area contributed by atoms with Gasteiger partial charge < -0.3 is 9.64 Å². The third kappa shape index (κ3) is 3.98. The van der Waals surface area contributed by atoms with E-state index in [2.05, 4.69) is 0 Å². The topological polar surface area (TPSA) is 12.5 Å². The van der Waals surface area contributed by atoms with Crippen molar-refractivity contribution in [3.8, 4) is 0 Å². The first kappa shape index (κ1) is 12.1. The Morgan fingerprint density at radius 1 is 1.27 bits per heavy atom. The van der Waals surface area contributed by atoms with E-state index >= 15 is 0 Å². The van der Waals surface area contributed by atoms with Crippen molar-refractivity contribution in [1.29, 1.82) is 0 Å². The van der Waals surface area contributed by atoms with Crippen LogP contribution in [0.3, 0.4) is 0 Å². The fraction of sp³-hybridized carbons (Fsp3) is 0.500. The number of rotatable bonds is 0. The molecule has 0 radical (unpaired) electrons. The number of nitrogens with zero attached hydrogens (tertiary/aromatic N) is 1. The maximum absolute atomic E-state index is 13.0. The van der Waals surface area contributed by atoms with Gasteiger partial charge in [-0.3, -0.25) is 0 Å². The summed E-state index contributed by atoms with van der Waals surface area (Å²) in [5.41, 5.74) is 1.83. The molecule has 0 saturated carbocycles. The molecule has 1 aliphatic rings. The fourth-order valence-electron chi connectivity index (χ4n) is 1.36. The van der Waals surface area contributed by atoms with Gasteiger partial charge in [-0.25, -0.2) is 4.39 Å². The van der Waals surface area contributed by atoms with Crippen LogP contribution in [-0.2, 0) is 17.8 Å². The van der Waals surface area contributed by atoms with Crippen molar-refractivity contribution in [3.05, 3.63) is 35.1 Å². The van der Waals surface area contributed by atoms with Crippen LogP contribution in [0.15, 0.2) is 18.2 Å². The van der Waals surface area contributed by atoms with Crippen LogP contribution in [0.5, 0.6) is 0 Å². The molecule has 1 heterocycles. The first-order valence-corrected chi connectivity index (χ1v) is 5.06. The van der Waals surface area contributed by atoms with Crippen molar-refractivity contribution in [3.63, 3.8) is 0 Å². The Labute approximate surface area is 90.7 Å². The lowest BCUT2D eigenvalue weighted by atomic mass is 10.0. The van der Waals surface area contributed by atoms with E-state index in [0.717, 1.165) is 24.2 Å². The molecule has 0 atom stereocenters. The first-order valence-electron chi connectivity index (χ1n) is 5.06. The quantitative estimate of drug-likeness (QED) is 0.651. The van der Waals surface area contributed by atoms with Crippen LogP contribution in [0.4, 0.5) is 4.39 Å². The molecule has 0 amide bonds. The Morgan fingerprint density at radius 2 is 1.93 bits per heavy atom. The largest absolute Gasteiger partial charge is 0.376 e. The standard InChI is InChI=1S/C9H9FO.C3H9N/c10-9-3-1-2-7-4-5-11-6-8(7)9;1-4(2)3/h1-3H,4-6H2;1-3H3. The van der Waals surface area contributed by atoms with Gasteiger partial charge in [-0.05, 0) is 39.2 Å². The molecule has 0 N–H and O–H groups in total. The number of benzene rings is 1. The number of halogens is 1. The number of fused-ring (bicyclic) bond motifs is 1. The van der Waals surface area contributed by atoms with Crippen molar-refractivity contribution in [1.82, 2.24) is 4.90 Å². The zero-order valence-electron chi connectivity index (χ0n) is 9.59. The van der Waals surface area contributed by atoms with Crippen LogP contribution in [0.1, 0.15) is 11.1 Å². The monoisotopic (exact) mass is 211 g/mol. The molecule has 0 unspecified atom stereocenters. The highest BCUT2D eigenvalue weighted by Crippen LogP contribution is 2.18.